The molecule has 0 aromatic carbocycles. The molecule has 0 bridgehead atoms. The molecule has 1 aliphatic rings. The van der Waals surface area contributed by atoms with Crippen molar-refractivity contribution in [1.82, 2.24) is 9.69 Å². The molecule has 0 spiro atoms. The monoisotopic (exact) mass is 310 g/mol. The number of nitrogens with two attached hydrogens (primary N) is 1. The van der Waals surface area contributed by atoms with E-state index in [4.69, 9.17) is 5.73 Å². The molecule has 1 aromatic rings. The summed E-state index contributed by atoms with van der Waals surface area (Å²) in [4.78, 5) is 12.2. The summed E-state index contributed by atoms with van der Waals surface area (Å²) in [7, 11) is 0. The Bertz CT molecular complexity index is 486. The first-order valence-electron chi connectivity index (χ1n) is 7.70. The summed E-state index contributed by atoms with van der Waals surface area (Å²) in [6, 6.07) is 0.323. The maximum Gasteiger partial charge on any atom is 0.258 e. The van der Waals surface area contributed by atoms with Crippen LogP contribution in [0.4, 0.5) is 10.8 Å². The van der Waals surface area contributed by atoms with Crippen LogP contribution in [0.25, 0.3) is 0 Å². The number of hydrogen-bond donors (Lipinski definition) is 3. The molecule has 2 rings (SSSR count). The van der Waals surface area contributed by atoms with Crippen LogP contribution in [0.5, 0.6) is 0 Å². The Morgan fingerprint density at radius 3 is 2.48 bits per heavy atom. The van der Waals surface area contributed by atoms with Crippen molar-refractivity contribution in [3.05, 3.63) is 5.56 Å². The van der Waals surface area contributed by atoms with E-state index in [1.807, 2.05) is 0 Å². The molecule has 1 aromatic heterocycles. The number of anilines is 2. The van der Waals surface area contributed by atoms with Gasteiger partial charge in [-0.3, -0.25) is 4.79 Å². The highest BCUT2D eigenvalue weighted by Gasteiger charge is 2.28. The van der Waals surface area contributed by atoms with Crippen molar-refractivity contribution in [1.29, 1.82) is 0 Å². The highest BCUT2D eigenvalue weighted by molar-refractivity contribution is 7.11. The van der Waals surface area contributed by atoms with Gasteiger partial charge in [0.05, 0.1) is 0 Å². The van der Waals surface area contributed by atoms with Crippen molar-refractivity contribution in [2.75, 3.05) is 17.6 Å². The molecule has 0 atom stereocenters. The second kappa shape index (κ2) is 6.64. The van der Waals surface area contributed by atoms with Crippen molar-refractivity contribution in [2.45, 2.75) is 46.6 Å². The summed E-state index contributed by atoms with van der Waals surface area (Å²) < 4.78 is 4.13. The molecule has 1 heterocycles. The van der Waals surface area contributed by atoms with E-state index in [0.717, 1.165) is 24.4 Å². The van der Waals surface area contributed by atoms with Crippen LogP contribution >= 0.6 is 11.5 Å². The molecule has 4 N–H and O–H groups in total. The second-order valence-electron chi connectivity index (χ2n) is 6.55. The van der Waals surface area contributed by atoms with E-state index < -0.39 is 0 Å². The number of amides is 1. The molecule has 118 valence electrons. The summed E-state index contributed by atoms with van der Waals surface area (Å²) >= 11 is 1.27. The zero-order chi connectivity index (χ0) is 15.6. The zero-order valence-corrected chi connectivity index (χ0v) is 14.1. The fraction of sp³-hybridized carbons (Fsp3) is 0.733. The largest absolute Gasteiger partial charge is 0.382 e. The van der Waals surface area contributed by atoms with Gasteiger partial charge in [0.1, 0.15) is 10.6 Å². The quantitative estimate of drug-likeness (QED) is 0.723. The van der Waals surface area contributed by atoms with E-state index in [9.17, 15) is 4.79 Å². The predicted octanol–water partition coefficient (Wildman–Crippen LogP) is 2.96. The minimum atomic E-state index is -0.100. The lowest BCUT2D eigenvalue weighted by atomic mass is 9.85. The number of rotatable bonds is 7. The maximum atomic E-state index is 12.2. The molecule has 0 radical (unpaired) electrons. The predicted molar refractivity (Wildman–Crippen MR) is 88.7 cm³/mol. The van der Waals surface area contributed by atoms with Gasteiger partial charge in [-0.25, -0.2) is 0 Å². The van der Waals surface area contributed by atoms with E-state index >= 15 is 0 Å². The minimum absolute atomic E-state index is 0.100. The zero-order valence-electron chi connectivity index (χ0n) is 13.3. The fourth-order valence-corrected chi connectivity index (χ4v) is 3.30. The van der Waals surface area contributed by atoms with Crippen LogP contribution in [0.1, 0.15) is 50.9 Å². The first kappa shape index (κ1) is 16.1. The number of carbonyl (C=O) groups is 1. The molecule has 1 fully saturated rings. The van der Waals surface area contributed by atoms with Gasteiger partial charge in [-0.1, -0.05) is 27.7 Å². The molecule has 5 nitrogen and oxygen atoms in total. The van der Waals surface area contributed by atoms with Crippen LogP contribution < -0.4 is 16.4 Å². The van der Waals surface area contributed by atoms with E-state index in [0.29, 0.717) is 35.2 Å². The Balaban J connectivity index is 2.04. The SMILES string of the molecule is CC(C)C(CNc1snc(N)c1C(=O)NC1CC1)C(C)C. The Hall–Kier alpha value is -1.30. The highest BCUT2D eigenvalue weighted by atomic mass is 32.1. The van der Waals surface area contributed by atoms with Crippen molar-refractivity contribution >= 4 is 28.3 Å². The highest BCUT2D eigenvalue weighted by Crippen LogP contribution is 2.30. The van der Waals surface area contributed by atoms with Gasteiger partial charge >= 0.3 is 0 Å². The van der Waals surface area contributed by atoms with Crippen LogP contribution in [-0.4, -0.2) is 22.9 Å². The minimum Gasteiger partial charge on any atom is -0.382 e. The molecule has 1 amide bonds. The Morgan fingerprint density at radius 2 is 1.95 bits per heavy atom. The topological polar surface area (TPSA) is 80.0 Å². The van der Waals surface area contributed by atoms with Crippen LogP contribution in [0, 0.1) is 17.8 Å². The summed E-state index contributed by atoms with van der Waals surface area (Å²) in [6.07, 6.45) is 2.13. The summed E-state index contributed by atoms with van der Waals surface area (Å²) in [5.74, 6) is 1.95. The maximum absolute atomic E-state index is 12.2. The number of nitrogens with zero attached hydrogens (tertiary/aromatic N) is 1. The van der Waals surface area contributed by atoms with Gasteiger partial charge in [0.15, 0.2) is 5.82 Å². The smallest absolute Gasteiger partial charge is 0.258 e. The van der Waals surface area contributed by atoms with Gasteiger partial charge in [0.2, 0.25) is 0 Å². The first-order valence-corrected chi connectivity index (χ1v) is 8.47. The van der Waals surface area contributed by atoms with Gasteiger partial charge in [0, 0.05) is 12.6 Å². The van der Waals surface area contributed by atoms with E-state index in [-0.39, 0.29) is 5.91 Å². The molecule has 0 aliphatic heterocycles. The van der Waals surface area contributed by atoms with E-state index in [2.05, 4.69) is 42.7 Å². The number of nitrogens with one attached hydrogen (secondary N) is 2. The van der Waals surface area contributed by atoms with Gasteiger partial charge in [0.25, 0.3) is 5.91 Å². The molecule has 6 heteroatoms. The van der Waals surface area contributed by atoms with Crippen molar-refractivity contribution in [3.63, 3.8) is 0 Å². The lowest BCUT2D eigenvalue weighted by Crippen LogP contribution is -2.28. The number of hydrogen-bond acceptors (Lipinski definition) is 5. The van der Waals surface area contributed by atoms with E-state index in [1.54, 1.807) is 0 Å². The standard InChI is InChI=1S/C15H26N4OS/c1-8(2)11(9(3)4)7-17-15-12(13(16)19-21-15)14(20)18-10-5-6-10/h8-11,17H,5-7H2,1-4H3,(H2,16,19)(H,18,20). The van der Waals surface area contributed by atoms with Crippen molar-refractivity contribution < 1.29 is 4.79 Å². The Morgan fingerprint density at radius 1 is 1.33 bits per heavy atom. The van der Waals surface area contributed by atoms with Crippen LogP contribution in [0.2, 0.25) is 0 Å². The lowest BCUT2D eigenvalue weighted by Gasteiger charge is -2.25. The van der Waals surface area contributed by atoms with Crippen LogP contribution in [-0.2, 0) is 0 Å². The second-order valence-corrected chi connectivity index (χ2v) is 7.33. The van der Waals surface area contributed by atoms with Crippen LogP contribution in [0.15, 0.2) is 0 Å². The molecule has 0 saturated heterocycles. The Kier molecular flexibility index (Phi) is 5.08. The van der Waals surface area contributed by atoms with Crippen molar-refractivity contribution in [3.8, 4) is 0 Å². The molecule has 0 unspecified atom stereocenters. The third-order valence-electron chi connectivity index (χ3n) is 4.07. The van der Waals surface area contributed by atoms with E-state index in [1.165, 1.54) is 11.5 Å². The molecule has 21 heavy (non-hydrogen) atoms. The third-order valence-corrected chi connectivity index (χ3v) is 4.89. The van der Waals surface area contributed by atoms with Crippen LogP contribution in [0.3, 0.4) is 0 Å². The molecular formula is C15H26N4OS. The molecule has 1 aliphatic carbocycles. The number of aromatic nitrogens is 1. The lowest BCUT2D eigenvalue weighted by molar-refractivity contribution is 0.0953. The van der Waals surface area contributed by atoms with Gasteiger partial charge in [-0.2, -0.15) is 4.37 Å². The van der Waals surface area contributed by atoms with Gasteiger partial charge in [-0.05, 0) is 42.1 Å². The van der Waals surface area contributed by atoms with Crippen molar-refractivity contribution in [2.24, 2.45) is 17.8 Å². The average molecular weight is 310 g/mol. The van der Waals surface area contributed by atoms with Gasteiger partial charge < -0.3 is 16.4 Å². The third kappa shape index (κ3) is 4.09. The summed E-state index contributed by atoms with van der Waals surface area (Å²) in [5.41, 5.74) is 6.38. The Labute approximate surface area is 130 Å². The first-order chi connectivity index (χ1) is 9.90. The van der Waals surface area contributed by atoms with Gasteiger partial charge in [-0.15, -0.1) is 0 Å². The summed E-state index contributed by atoms with van der Waals surface area (Å²) in [5, 5.41) is 7.15. The fourth-order valence-electron chi connectivity index (χ4n) is 2.58. The number of carbonyl (C=O) groups excluding carboxylic acids is 1. The molecular weight excluding hydrogens is 284 g/mol. The molecule has 1 saturated carbocycles. The average Bonchev–Trinajstić information content (AvgIpc) is 3.11. The number of nitrogen functional groups attached to an aromatic ring is 1. The normalized spacial score (nSPS) is 15.0. The summed E-state index contributed by atoms with van der Waals surface area (Å²) in [6.45, 7) is 9.76.